The molecule has 0 spiro atoms. The Balaban J connectivity index is 1.34. The molecule has 2 amide bonds. The molecule has 2 aliphatic heterocycles. The Morgan fingerprint density at radius 2 is 1.92 bits per heavy atom. The Labute approximate surface area is 220 Å². The van der Waals surface area contributed by atoms with Crippen LogP contribution in [-0.4, -0.2) is 87.0 Å². The first-order valence-corrected chi connectivity index (χ1v) is 12.5. The van der Waals surface area contributed by atoms with Crippen LogP contribution in [0.25, 0.3) is 16.6 Å². The molecule has 2 saturated heterocycles. The minimum atomic E-state index is -0.980. The molecule has 0 aromatic carbocycles. The smallest absolute Gasteiger partial charge is 0.258 e. The second-order valence-electron chi connectivity index (χ2n) is 9.87. The number of aromatic nitrogens is 4. The van der Waals surface area contributed by atoms with Crippen molar-refractivity contribution < 1.29 is 19.1 Å². The van der Waals surface area contributed by atoms with Crippen molar-refractivity contribution in [3.8, 4) is 22.9 Å². The molecule has 0 unspecified atom stereocenters. The molecule has 0 aliphatic carbocycles. The Bertz CT molecular complexity index is 1470. The van der Waals surface area contributed by atoms with Crippen LogP contribution in [0, 0.1) is 25.2 Å². The van der Waals surface area contributed by atoms with Crippen molar-refractivity contribution in [2.45, 2.75) is 38.3 Å². The predicted molar refractivity (Wildman–Crippen MR) is 139 cm³/mol. The monoisotopic (exact) mass is 517 g/mol. The third-order valence-electron chi connectivity index (χ3n) is 7.79. The molecule has 2 aliphatic rings. The number of hydrogen-bond donors (Lipinski definition) is 0. The summed E-state index contributed by atoms with van der Waals surface area (Å²) in [5.41, 5.74) is 3.92. The van der Waals surface area contributed by atoms with Crippen LogP contribution >= 0.6 is 0 Å². The Morgan fingerprint density at radius 1 is 1.21 bits per heavy atom. The van der Waals surface area contributed by atoms with E-state index in [1.807, 2.05) is 31.0 Å². The Morgan fingerprint density at radius 3 is 2.53 bits per heavy atom. The summed E-state index contributed by atoms with van der Waals surface area (Å²) in [6.45, 7) is 9.20. The first-order valence-electron chi connectivity index (χ1n) is 12.5. The van der Waals surface area contributed by atoms with Crippen LogP contribution in [-0.2, 0) is 14.3 Å². The number of methoxy groups -OCH3 is 2. The van der Waals surface area contributed by atoms with Crippen molar-refractivity contribution in [3.63, 3.8) is 0 Å². The first kappa shape index (κ1) is 25.5. The van der Waals surface area contributed by atoms with Gasteiger partial charge in [0.05, 0.1) is 38.1 Å². The molecule has 0 radical (unpaired) electrons. The highest BCUT2D eigenvalue weighted by molar-refractivity contribution is 5.93. The van der Waals surface area contributed by atoms with Gasteiger partial charge in [0.15, 0.2) is 5.60 Å². The van der Waals surface area contributed by atoms with E-state index in [1.54, 1.807) is 16.5 Å². The summed E-state index contributed by atoms with van der Waals surface area (Å²) >= 11 is 0. The van der Waals surface area contributed by atoms with E-state index < -0.39 is 5.60 Å². The summed E-state index contributed by atoms with van der Waals surface area (Å²) in [6.07, 6.45) is 6.20. The van der Waals surface area contributed by atoms with E-state index in [0.29, 0.717) is 29.9 Å². The van der Waals surface area contributed by atoms with Gasteiger partial charge >= 0.3 is 0 Å². The zero-order valence-corrected chi connectivity index (χ0v) is 22.1. The van der Waals surface area contributed by atoms with Gasteiger partial charge in [-0.2, -0.15) is 15.5 Å². The zero-order valence-electron chi connectivity index (χ0n) is 22.1. The quantitative estimate of drug-likeness (QED) is 0.460. The molecule has 3 aromatic heterocycles. The molecule has 5 rings (SSSR count). The van der Waals surface area contributed by atoms with Crippen molar-refractivity contribution >= 4 is 17.3 Å². The van der Waals surface area contributed by atoms with Crippen LogP contribution in [0.4, 0.5) is 0 Å². The zero-order chi connectivity index (χ0) is 27.2. The van der Waals surface area contributed by atoms with Gasteiger partial charge in [0.2, 0.25) is 5.91 Å². The Hall–Kier alpha value is -4.17. The number of piperidine rings is 1. The summed E-state index contributed by atoms with van der Waals surface area (Å²) in [5, 5.41) is 18.6. The number of hydrogen-bond acceptors (Lipinski definition) is 7. The molecule has 0 saturated carbocycles. The fraction of sp³-hybridized carbons (Fsp3) is 0.444. The minimum Gasteiger partial charge on any atom is -0.494 e. The lowest BCUT2D eigenvalue weighted by molar-refractivity contribution is -0.182. The molecule has 0 atom stereocenters. The molecular weight excluding hydrogens is 486 g/mol. The normalized spacial score (nSPS) is 17.2. The molecule has 0 N–H and O–H groups in total. The number of aryl methyl sites for hydroxylation is 1. The van der Waals surface area contributed by atoms with E-state index in [2.05, 4.69) is 22.4 Å². The van der Waals surface area contributed by atoms with E-state index in [9.17, 15) is 14.9 Å². The number of fused-ring (bicyclic) bond motifs is 1. The molecule has 38 heavy (non-hydrogen) atoms. The maximum absolute atomic E-state index is 13.3. The topological polar surface area (TPSA) is 118 Å². The summed E-state index contributed by atoms with van der Waals surface area (Å²) in [4.78, 5) is 28.6. The molecule has 5 heterocycles. The van der Waals surface area contributed by atoms with Gasteiger partial charge in [-0.1, -0.05) is 6.58 Å². The van der Waals surface area contributed by atoms with Crippen molar-refractivity contribution in [3.05, 3.63) is 48.1 Å². The average Bonchev–Trinajstić information content (AvgIpc) is 3.47. The van der Waals surface area contributed by atoms with Crippen LogP contribution < -0.4 is 4.74 Å². The standard InChI is InChI=1S/C27H31N7O4/c1-6-23(35)32-15-27(16-32,38-5)26(36)31-9-7-21(8-10-31)34-18(3)24(17(2)30-34)19-11-22(37-4)25-20(12-28)13-29-33(25)14-19/h6,11,13-14,21H,1,7-10,15-16H2,2-5H3. The molecular formula is C27H31N7O4. The molecule has 2 fully saturated rings. The van der Waals surface area contributed by atoms with Crippen LogP contribution in [0.15, 0.2) is 31.1 Å². The van der Waals surface area contributed by atoms with Crippen molar-refractivity contribution in [1.82, 2.24) is 29.2 Å². The molecule has 198 valence electrons. The highest BCUT2D eigenvalue weighted by atomic mass is 16.5. The van der Waals surface area contributed by atoms with Crippen LogP contribution in [0.5, 0.6) is 5.75 Å². The third-order valence-corrected chi connectivity index (χ3v) is 7.79. The van der Waals surface area contributed by atoms with E-state index in [-0.39, 0.29) is 30.9 Å². The maximum atomic E-state index is 13.3. The summed E-state index contributed by atoms with van der Waals surface area (Å²) in [7, 11) is 3.10. The van der Waals surface area contributed by atoms with E-state index in [1.165, 1.54) is 19.4 Å². The second kappa shape index (κ2) is 9.61. The molecule has 11 nitrogen and oxygen atoms in total. The van der Waals surface area contributed by atoms with E-state index in [0.717, 1.165) is 35.4 Å². The number of carbonyl (C=O) groups is 2. The van der Waals surface area contributed by atoms with E-state index >= 15 is 0 Å². The lowest BCUT2D eigenvalue weighted by Gasteiger charge is -2.49. The van der Waals surface area contributed by atoms with Gasteiger partial charge in [0.1, 0.15) is 22.9 Å². The van der Waals surface area contributed by atoms with Crippen molar-refractivity contribution in [1.29, 1.82) is 5.26 Å². The third kappa shape index (κ3) is 3.92. The largest absolute Gasteiger partial charge is 0.494 e. The number of rotatable bonds is 6. The second-order valence-corrected chi connectivity index (χ2v) is 9.87. The van der Waals surface area contributed by atoms with Crippen LogP contribution in [0.2, 0.25) is 0 Å². The summed E-state index contributed by atoms with van der Waals surface area (Å²) in [6, 6.07) is 4.22. The highest BCUT2D eigenvalue weighted by Gasteiger charge is 2.53. The number of pyridine rings is 1. The lowest BCUT2D eigenvalue weighted by atomic mass is 9.90. The molecule has 0 bridgehead atoms. The number of amides is 2. The maximum Gasteiger partial charge on any atom is 0.258 e. The van der Waals surface area contributed by atoms with Gasteiger partial charge in [0.25, 0.3) is 5.91 Å². The summed E-state index contributed by atoms with van der Waals surface area (Å²) in [5.74, 6) is 0.308. The highest BCUT2D eigenvalue weighted by Crippen LogP contribution is 2.36. The number of nitrogens with zero attached hydrogens (tertiary/aromatic N) is 7. The van der Waals surface area contributed by atoms with Gasteiger partial charge in [-0.05, 0) is 38.8 Å². The minimum absolute atomic E-state index is 0.0722. The average molecular weight is 518 g/mol. The van der Waals surface area contributed by atoms with Gasteiger partial charge in [-0.25, -0.2) is 4.52 Å². The number of ether oxygens (including phenoxy) is 2. The van der Waals surface area contributed by atoms with E-state index in [4.69, 9.17) is 14.6 Å². The van der Waals surface area contributed by atoms with Gasteiger partial charge in [-0.15, -0.1) is 0 Å². The SMILES string of the molecule is C=CC(=O)N1CC(OC)(C(=O)N2CCC(n3nc(C)c(-c4cc(OC)c5c(C#N)cnn5c4)c3C)CC2)C1. The molecule has 3 aromatic rings. The van der Waals surface area contributed by atoms with Gasteiger partial charge in [0, 0.05) is 43.2 Å². The Kier molecular flexibility index (Phi) is 6.44. The van der Waals surface area contributed by atoms with Crippen LogP contribution in [0.3, 0.4) is 0 Å². The fourth-order valence-corrected chi connectivity index (χ4v) is 5.70. The van der Waals surface area contributed by atoms with Crippen molar-refractivity contribution in [2.75, 3.05) is 40.4 Å². The van der Waals surface area contributed by atoms with Gasteiger partial charge in [-0.3, -0.25) is 14.3 Å². The van der Waals surface area contributed by atoms with Gasteiger partial charge < -0.3 is 19.3 Å². The number of nitriles is 1. The van der Waals surface area contributed by atoms with Crippen LogP contribution in [0.1, 0.15) is 35.8 Å². The molecule has 11 heteroatoms. The summed E-state index contributed by atoms with van der Waals surface area (Å²) < 4.78 is 14.9. The van der Waals surface area contributed by atoms with Crippen molar-refractivity contribution in [2.24, 2.45) is 0 Å². The predicted octanol–water partition coefficient (Wildman–Crippen LogP) is 2.27. The number of likely N-dealkylation sites (tertiary alicyclic amines) is 2. The fourth-order valence-electron chi connectivity index (χ4n) is 5.70. The first-order chi connectivity index (χ1) is 18.3. The lowest BCUT2D eigenvalue weighted by Crippen LogP contribution is -2.71. The number of carbonyl (C=O) groups excluding carboxylic acids is 2.